The topological polar surface area (TPSA) is 28.1 Å². The van der Waals surface area contributed by atoms with Crippen molar-refractivity contribution in [3.8, 4) is 0 Å². The van der Waals surface area contributed by atoms with E-state index >= 15 is 0 Å². The van der Waals surface area contributed by atoms with E-state index in [2.05, 4.69) is 69.2 Å². The fourth-order valence-electron chi connectivity index (χ4n) is 5.12. The molecule has 1 fully saturated rings. The van der Waals surface area contributed by atoms with Gasteiger partial charge in [-0.15, -0.1) is 0 Å². The van der Waals surface area contributed by atoms with Crippen LogP contribution in [0.5, 0.6) is 0 Å². The Morgan fingerprint density at radius 3 is 2.25 bits per heavy atom. The van der Waals surface area contributed by atoms with Crippen LogP contribution in [0.4, 0.5) is 0 Å². The lowest BCUT2D eigenvalue weighted by molar-refractivity contribution is 0.156. The minimum absolute atomic E-state index is 0.183. The molecular formula is C28H45N3O. The fraction of sp³-hybridized carbons (Fsp3) is 0.679. The second-order valence-corrected chi connectivity index (χ2v) is 11.0. The maximum absolute atomic E-state index is 5.71. The molecule has 0 spiro atoms. The van der Waals surface area contributed by atoms with Crippen molar-refractivity contribution in [3.63, 3.8) is 0 Å². The van der Waals surface area contributed by atoms with Crippen LogP contribution in [0, 0.1) is 0 Å². The predicted molar refractivity (Wildman–Crippen MR) is 137 cm³/mol. The smallest absolute Gasteiger partial charge is 0.292 e. The molecule has 1 aliphatic carbocycles. The molecule has 2 aliphatic rings. The van der Waals surface area contributed by atoms with Gasteiger partial charge in [0.1, 0.15) is 0 Å². The molecule has 1 saturated heterocycles. The van der Waals surface area contributed by atoms with Gasteiger partial charge in [-0.1, -0.05) is 72.6 Å². The summed E-state index contributed by atoms with van der Waals surface area (Å²) >= 11 is 0. The summed E-state index contributed by atoms with van der Waals surface area (Å²) < 4.78 is 5.71. The van der Waals surface area contributed by atoms with E-state index in [1.165, 1.54) is 56.2 Å². The number of hydrogen-bond donors (Lipinski definition) is 0. The van der Waals surface area contributed by atoms with E-state index in [4.69, 9.17) is 9.73 Å². The molecule has 0 amide bonds. The van der Waals surface area contributed by atoms with Crippen molar-refractivity contribution in [2.45, 2.75) is 84.0 Å². The first kappa shape index (κ1) is 24.8. The Bertz CT molecular complexity index is 816. The molecule has 1 aromatic carbocycles. The molecule has 1 aliphatic heterocycles. The molecule has 178 valence electrons. The van der Waals surface area contributed by atoms with Crippen LogP contribution in [0.1, 0.15) is 89.8 Å². The molecule has 0 saturated carbocycles. The van der Waals surface area contributed by atoms with Crippen molar-refractivity contribution in [3.05, 3.63) is 41.5 Å². The highest BCUT2D eigenvalue weighted by atomic mass is 16.5. The molecule has 4 heteroatoms. The van der Waals surface area contributed by atoms with Gasteiger partial charge in [-0.3, -0.25) is 4.90 Å². The number of benzene rings is 1. The number of aliphatic imine (C=N–C) groups is 1. The van der Waals surface area contributed by atoms with Crippen LogP contribution < -0.4 is 0 Å². The average Bonchev–Trinajstić information content (AvgIpc) is 2.78. The number of fused-ring (bicyclic) bond motifs is 1. The van der Waals surface area contributed by atoms with E-state index in [0.29, 0.717) is 6.02 Å². The first-order chi connectivity index (χ1) is 15.2. The van der Waals surface area contributed by atoms with Crippen molar-refractivity contribution in [1.82, 2.24) is 9.80 Å². The van der Waals surface area contributed by atoms with Gasteiger partial charge in [-0.25, -0.2) is 0 Å². The number of methoxy groups -OCH3 is 1. The van der Waals surface area contributed by atoms with E-state index < -0.39 is 0 Å². The van der Waals surface area contributed by atoms with Crippen LogP contribution in [-0.4, -0.2) is 55.7 Å². The molecule has 3 rings (SSSR count). The van der Waals surface area contributed by atoms with E-state index in [0.717, 1.165) is 37.4 Å². The number of hydrogen-bond acceptors (Lipinski definition) is 3. The van der Waals surface area contributed by atoms with Crippen molar-refractivity contribution in [2.24, 2.45) is 4.99 Å². The summed E-state index contributed by atoms with van der Waals surface area (Å²) in [6.07, 6.45) is 7.73. The molecule has 32 heavy (non-hydrogen) atoms. The van der Waals surface area contributed by atoms with E-state index in [9.17, 15) is 0 Å². The summed E-state index contributed by atoms with van der Waals surface area (Å²) in [4.78, 5) is 9.67. The average molecular weight is 440 g/mol. The predicted octanol–water partition coefficient (Wildman–Crippen LogP) is 6.21. The lowest BCUT2D eigenvalue weighted by Crippen LogP contribution is -2.49. The Morgan fingerprint density at radius 2 is 1.62 bits per heavy atom. The summed E-state index contributed by atoms with van der Waals surface area (Å²) in [5, 5.41) is 0. The van der Waals surface area contributed by atoms with Gasteiger partial charge in [0, 0.05) is 31.7 Å². The van der Waals surface area contributed by atoms with Gasteiger partial charge in [0.15, 0.2) is 0 Å². The number of rotatable bonds is 7. The quantitative estimate of drug-likeness (QED) is 0.287. The van der Waals surface area contributed by atoms with Crippen LogP contribution in [-0.2, 0) is 15.6 Å². The molecule has 4 nitrogen and oxygen atoms in total. The summed E-state index contributed by atoms with van der Waals surface area (Å²) in [5.74, 6) is 0. The van der Waals surface area contributed by atoms with Crippen LogP contribution in [0.25, 0.3) is 5.70 Å². The summed E-state index contributed by atoms with van der Waals surface area (Å²) in [7, 11) is 1.72. The number of nitrogens with zero attached hydrogens (tertiary/aromatic N) is 3. The van der Waals surface area contributed by atoms with Crippen molar-refractivity contribution >= 4 is 11.7 Å². The van der Waals surface area contributed by atoms with Gasteiger partial charge in [0.05, 0.1) is 12.8 Å². The highest BCUT2D eigenvalue weighted by Gasteiger charge is 2.37. The zero-order valence-electron chi connectivity index (χ0n) is 21.5. The van der Waals surface area contributed by atoms with Crippen molar-refractivity contribution in [2.75, 3.05) is 39.8 Å². The second kappa shape index (κ2) is 10.4. The van der Waals surface area contributed by atoms with Gasteiger partial charge in [0.2, 0.25) is 0 Å². The van der Waals surface area contributed by atoms with Gasteiger partial charge in [-0.05, 0) is 53.8 Å². The van der Waals surface area contributed by atoms with Crippen molar-refractivity contribution in [1.29, 1.82) is 0 Å². The Kier molecular flexibility index (Phi) is 8.08. The molecule has 0 unspecified atom stereocenters. The highest BCUT2D eigenvalue weighted by Crippen LogP contribution is 2.46. The van der Waals surface area contributed by atoms with Gasteiger partial charge in [-0.2, -0.15) is 4.99 Å². The van der Waals surface area contributed by atoms with Crippen LogP contribution in [0.15, 0.2) is 29.8 Å². The minimum atomic E-state index is 0.183. The SMILES string of the molecule is C=C(N=C(OC)N1CCN(CCCCCC)CC1)c1ccc2c(c1)C(C)(C)CCC2(C)C. The normalized spacial score (nSPS) is 20.7. The first-order valence-electron chi connectivity index (χ1n) is 12.6. The Labute approximate surface area is 196 Å². The molecule has 0 N–H and O–H groups in total. The Balaban J connectivity index is 1.68. The monoisotopic (exact) mass is 439 g/mol. The lowest BCUT2D eigenvalue weighted by atomic mass is 9.63. The van der Waals surface area contributed by atoms with Crippen molar-refractivity contribution < 1.29 is 4.74 Å². The highest BCUT2D eigenvalue weighted by molar-refractivity contribution is 5.82. The number of ether oxygens (including phenoxy) is 1. The third-order valence-electron chi connectivity index (χ3n) is 7.57. The standard InChI is InChI=1S/C28H45N3O/c1-8-9-10-11-16-30-17-19-31(20-18-30)26(32-7)29-22(2)23-12-13-24-25(21-23)28(5,6)15-14-27(24,3)4/h12-13,21H,2,8-11,14-20H2,1,3-7H3. The van der Waals surface area contributed by atoms with E-state index in [1.807, 2.05) is 0 Å². The maximum Gasteiger partial charge on any atom is 0.292 e. The third-order valence-corrected chi connectivity index (χ3v) is 7.57. The molecule has 0 aromatic heterocycles. The summed E-state index contributed by atoms with van der Waals surface area (Å²) in [6.45, 7) is 21.3. The molecule has 0 atom stereocenters. The molecule has 1 aromatic rings. The van der Waals surface area contributed by atoms with Gasteiger partial charge in [0.25, 0.3) is 6.02 Å². The summed E-state index contributed by atoms with van der Waals surface area (Å²) in [6, 6.07) is 7.51. The zero-order valence-corrected chi connectivity index (χ0v) is 21.5. The Hall–Kier alpha value is -1.81. The van der Waals surface area contributed by atoms with Crippen LogP contribution >= 0.6 is 0 Å². The maximum atomic E-state index is 5.71. The molecule has 0 radical (unpaired) electrons. The van der Waals surface area contributed by atoms with Crippen LogP contribution in [0.2, 0.25) is 0 Å². The molecule has 0 bridgehead atoms. The van der Waals surface area contributed by atoms with Gasteiger partial charge < -0.3 is 9.64 Å². The zero-order chi connectivity index (χ0) is 23.4. The first-order valence-corrected chi connectivity index (χ1v) is 12.6. The summed E-state index contributed by atoms with van der Waals surface area (Å²) in [5.41, 5.74) is 5.20. The fourth-order valence-corrected chi connectivity index (χ4v) is 5.12. The lowest BCUT2D eigenvalue weighted by Gasteiger charge is -2.42. The van der Waals surface area contributed by atoms with Gasteiger partial charge >= 0.3 is 0 Å². The Morgan fingerprint density at radius 1 is 0.969 bits per heavy atom. The molecule has 1 heterocycles. The number of unbranched alkanes of at least 4 members (excludes halogenated alkanes) is 3. The third kappa shape index (κ3) is 5.75. The second-order valence-electron chi connectivity index (χ2n) is 11.0. The van der Waals surface area contributed by atoms with E-state index in [1.54, 1.807) is 7.11 Å². The minimum Gasteiger partial charge on any atom is -0.468 e. The number of amidine groups is 1. The largest absolute Gasteiger partial charge is 0.468 e. The van der Waals surface area contributed by atoms with Crippen LogP contribution in [0.3, 0.4) is 0 Å². The molecular weight excluding hydrogens is 394 g/mol. The van der Waals surface area contributed by atoms with E-state index in [-0.39, 0.29) is 10.8 Å². The number of piperazine rings is 1.